The van der Waals surface area contributed by atoms with E-state index in [-0.39, 0.29) is 6.03 Å². The van der Waals surface area contributed by atoms with Crippen molar-refractivity contribution in [1.29, 1.82) is 0 Å². The van der Waals surface area contributed by atoms with Gasteiger partial charge in [-0.2, -0.15) is 0 Å². The maximum absolute atomic E-state index is 11.5. The summed E-state index contributed by atoms with van der Waals surface area (Å²) in [5, 5.41) is 3.95. The number of rotatable bonds is 4. The number of urea groups is 1. The van der Waals surface area contributed by atoms with Gasteiger partial charge in [0.2, 0.25) is 0 Å². The van der Waals surface area contributed by atoms with Gasteiger partial charge < -0.3 is 4.90 Å². The fourth-order valence-electron chi connectivity index (χ4n) is 0.872. The summed E-state index contributed by atoms with van der Waals surface area (Å²) in [6, 6.07) is -0.122. The molecule has 0 saturated carbocycles. The van der Waals surface area contributed by atoms with E-state index in [2.05, 4.69) is 31.1 Å². The lowest BCUT2D eigenvalue weighted by molar-refractivity contribution is 0.222. The van der Waals surface area contributed by atoms with Crippen LogP contribution in [-0.4, -0.2) is 42.0 Å². The van der Waals surface area contributed by atoms with E-state index in [0.717, 1.165) is 24.6 Å². The number of hydrogen-bond donors (Lipinski definition) is 1. The highest BCUT2D eigenvalue weighted by molar-refractivity contribution is 8.14. The van der Waals surface area contributed by atoms with Gasteiger partial charge in [-0.25, -0.2) is 4.79 Å². The Morgan fingerprint density at radius 3 is 2.50 bits per heavy atom. The number of amides is 2. The Morgan fingerprint density at radius 2 is 2.06 bits per heavy atom. The molecular formula is C11H23N3OS. The van der Waals surface area contributed by atoms with E-state index in [9.17, 15) is 4.79 Å². The van der Waals surface area contributed by atoms with Crippen molar-refractivity contribution in [1.82, 2.24) is 10.2 Å². The molecule has 0 radical (unpaired) electrons. The molecule has 0 spiro atoms. The molecule has 4 nitrogen and oxygen atoms in total. The number of thioether (sulfide) groups is 1. The van der Waals surface area contributed by atoms with E-state index in [0.29, 0.717) is 5.25 Å². The first kappa shape index (κ1) is 15.3. The minimum atomic E-state index is -0.122. The summed E-state index contributed by atoms with van der Waals surface area (Å²) in [7, 11) is 3.44. The van der Waals surface area contributed by atoms with Crippen LogP contribution >= 0.6 is 11.8 Å². The SMILES string of the molecule is CCCCN=C(NC(=O)N(C)C)SC(C)C. The molecular weight excluding hydrogens is 222 g/mol. The maximum Gasteiger partial charge on any atom is 0.322 e. The van der Waals surface area contributed by atoms with Crippen LogP contribution in [0.15, 0.2) is 4.99 Å². The molecule has 2 amide bonds. The Morgan fingerprint density at radius 1 is 1.44 bits per heavy atom. The van der Waals surface area contributed by atoms with Crippen LogP contribution < -0.4 is 5.32 Å². The number of carbonyl (C=O) groups excluding carboxylic acids is 1. The van der Waals surface area contributed by atoms with Gasteiger partial charge in [-0.1, -0.05) is 39.0 Å². The van der Waals surface area contributed by atoms with Crippen molar-refractivity contribution in [2.75, 3.05) is 20.6 Å². The molecule has 0 aromatic rings. The van der Waals surface area contributed by atoms with Crippen molar-refractivity contribution in [2.24, 2.45) is 4.99 Å². The summed E-state index contributed by atoms with van der Waals surface area (Å²) in [5.41, 5.74) is 0. The minimum Gasteiger partial charge on any atom is -0.331 e. The fourth-order valence-corrected chi connectivity index (χ4v) is 1.63. The number of nitrogens with one attached hydrogen (secondary N) is 1. The third-order valence-electron chi connectivity index (χ3n) is 1.73. The quantitative estimate of drug-likeness (QED) is 0.470. The van der Waals surface area contributed by atoms with Gasteiger partial charge in [0.25, 0.3) is 0 Å². The van der Waals surface area contributed by atoms with Crippen molar-refractivity contribution in [3.63, 3.8) is 0 Å². The molecule has 0 aliphatic rings. The van der Waals surface area contributed by atoms with Crippen LogP contribution in [0.3, 0.4) is 0 Å². The molecule has 0 aliphatic carbocycles. The second kappa shape index (κ2) is 8.44. The molecule has 0 bridgehead atoms. The molecule has 0 aromatic heterocycles. The molecule has 0 unspecified atom stereocenters. The predicted octanol–water partition coefficient (Wildman–Crippen LogP) is 2.56. The van der Waals surface area contributed by atoms with E-state index in [1.54, 1.807) is 25.9 Å². The predicted molar refractivity (Wildman–Crippen MR) is 72.2 cm³/mol. The van der Waals surface area contributed by atoms with Gasteiger partial charge in [-0.05, 0) is 6.42 Å². The Kier molecular flexibility index (Phi) is 8.07. The van der Waals surface area contributed by atoms with Crippen molar-refractivity contribution in [2.45, 2.75) is 38.9 Å². The number of hydrogen-bond acceptors (Lipinski definition) is 3. The third kappa shape index (κ3) is 7.56. The molecule has 1 N–H and O–H groups in total. The smallest absolute Gasteiger partial charge is 0.322 e. The van der Waals surface area contributed by atoms with Crippen LogP contribution in [0.25, 0.3) is 0 Å². The van der Waals surface area contributed by atoms with E-state index in [4.69, 9.17) is 0 Å². The second-order valence-electron chi connectivity index (χ2n) is 4.03. The Bertz CT molecular complexity index is 239. The van der Waals surface area contributed by atoms with Crippen LogP contribution in [0.2, 0.25) is 0 Å². The van der Waals surface area contributed by atoms with Gasteiger partial charge in [-0.15, -0.1) is 0 Å². The normalized spacial score (nSPS) is 11.8. The molecule has 0 saturated heterocycles. The van der Waals surface area contributed by atoms with Crippen molar-refractivity contribution in [3.05, 3.63) is 0 Å². The van der Waals surface area contributed by atoms with Gasteiger partial charge in [-0.3, -0.25) is 10.3 Å². The summed E-state index contributed by atoms with van der Waals surface area (Å²) in [6.45, 7) is 7.08. The number of amidine groups is 1. The zero-order valence-corrected chi connectivity index (χ0v) is 11.7. The first-order valence-electron chi connectivity index (χ1n) is 5.66. The van der Waals surface area contributed by atoms with Crippen molar-refractivity contribution < 1.29 is 4.79 Å². The highest BCUT2D eigenvalue weighted by Gasteiger charge is 2.09. The van der Waals surface area contributed by atoms with Crippen LogP contribution in [0.5, 0.6) is 0 Å². The van der Waals surface area contributed by atoms with E-state index < -0.39 is 0 Å². The molecule has 0 aliphatic heterocycles. The Labute approximate surface area is 103 Å². The van der Waals surface area contributed by atoms with Gasteiger partial charge in [0.05, 0.1) is 0 Å². The summed E-state index contributed by atoms with van der Waals surface area (Å²) < 4.78 is 0. The lowest BCUT2D eigenvalue weighted by Crippen LogP contribution is -2.38. The van der Waals surface area contributed by atoms with E-state index in [1.807, 2.05) is 0 Å². The van der Waals surface area contributed by atoms with Gasteiger partial charge in [0, 0.05) is 25.9 Å². The fraction of sp³-hybridized carbons (Fsp3) is 0.818. The third-order valence-corrected chi connectivity index (χ3v) is 2.66. The molecule has 5 heteroatoms. The summed E-state index contributed by atoms with van der Waals surface area (Å²) in [6.07, 6.45) is 2.17. The molecule has 0 rings (SSSR count). The Balaban J connectivity index is 4.30. The monoisotopic (exact) mass is 245 g/mol. The number of nitrogens with zero attached hydrogens (tertiary/aromatic N) is 2. The maximum atomic E-state index is 11.5. The topological polar surface area (TPSA) is 44.7 Å². The second-order valence-corrected chi connectivity index (χ2v) is 5.60. The van der Waals surface area contributed by atoms with Gasteiger partial charge in [0.1, 0.15) is 0 Å². The average molecular weight is 245 g/mol. The first-order valence-corrected chi connectivity index (χ1v) is 6.54. The lowest BCUT2D eigenvalue weighted by Gasteiger charge is -2.14. The number of carbonyl (C=O) groups is 1. The van der Waals surface area contributed by atoms with E-state index in [1.165, 1.54) is 4.90 Å². The number of unbranched alkanes of at least 4 members (excludes halogenated alkanes) is 1. The highest BCUT2D eigenvalue weighted by atomic mass is 32.2. The zero-order chi connectivity index (χ0) is 12.6. The van der Waals surface area contributed by atoms with Crippen LogP contribution in [-0.2, 0) is 0 Å². The lowest BCUT2D eigenvalue weighted by atomic mass is 10.3. The molecule has 0 fully saturated rings. The minimum absolute atomic E-state index is 0.122. The molecule has 0 aromatic carbocycles. The van der Waals surface area contributed by atoms with E-state index >= 15 is 0 Å². The van der Waals surface area contributed by atoms with Crippen LogP contribution in [0.1, 0.15) is 33.6 Å². The largest absolute Gasteiger partial charge is 0.331 e. The van der Waals surface area contributed by atoms with Gasteiger partial charge in [0.15, 0.2) is 5.17 Å². The summed E-state index contributed by atoms with van der Waals surface area (Å²) in [4.78, 5) is 17.4. The highest BCUT2D eigenvalue weighted by Crippen LogP contribution is 2.10. The summed E-state index contributed by atoms with van der Waals surface area (Å²) in [5.74, 6) is 0. The van der Waals surface area contributed by atoms with Crippen molar-refractivity contribution >= 4 is 23.0 Å². The first-order chi connectivity index (χ1) is 7.47. The molecule has 94 valence electrons. The average Bonchev–Trinajstić information content (AvgIpc) is 2.16. The molecule has 0 heterocycles. The van der Waals surface area contributed by atoms with Crippen LogP contribution in [0, 0.1) is 0 Å². The van der Waals surface area contributed by atoms with Crippen molar-refractivity contribution in [3.8, 4) is 0 Å². The van der Waals surface area contributed by atoms with Crippen LogP contribution in [0.4, 0.5) is 4.79 Å². The zero-order valence-electron chi connectivity index (χ0n) is 10.9. The Hall–Kier alpha value is -0.710. The number of aliphatic imine (C=N–C) groups is 1. The van der Waals surface area contributed by atoms with Gasteiger partial charge >= 0.3 is 6.03 Å². The molecule has 0 atom stereocenters. The standard InChI is InChI=1S/C11H23N3OS/c1-6-7-8-12-10(16-9(2)3)13-11(15)14(4)5/h9H,6-8H2,1-5H3,(H,12,13,15). The molecule has 16 heavy (non-hydrogen) atoms. The summed E-state index contributed by atoms with van der Waals surface area (Å²) >= 11 is 1.59.